The number of esters is 1. The first kappa shape index (κ1) is 18.6. The molecule has 1 aliphatic rings. The van der Waals surface area contributed by atoms with Crippen molar-refractivity contribution in [2.45, 2.75) is 26.8 Å². The minimum absolute atomic E-state index is 0.0785. The summed E-state index contributed by atoms with van der Waals surface area (Å²) >= 11 is 0. The Kier molecular flexibility index (Phi) is 5.51. The standard InChI is InChI=1S/C19H23NO5/c1-11(2)20-12(3)17(19(22)25-6)15(18(20)21)10-13-9-14(23-4)7-8-16(13)24-5/h7-11H,1-6H3/b15-10-. The van der Waals surface area contributed by atoms with Gasteiger partial charge in [0, 0.05) is 17.3 Å². The summed E-state index contributed by atoms with van der Waals surface area (Å²) in [4.78, 5) is 26.7. The molecule has 1 aromatic rings. The number of hydrogen-bond acceptors (Lipinski definition) is 5. The molecule has 0 bridgehead atoms. The highest BCUT2D eigenvalue weighted by Crippen LogP contribution is 2.35. The van der Waals surface area contributed by atoms with Crippen LogP contribution in [0.25, 0.3) is 6.08 Å². The van der Waals surface area contributed by atoms with Gasteiger partial charge in [-0.05, 0) is 45.0 Å². The maximum absolute atomic E-state index is 12.9. The summed E-state index contributed by atoms with van der Waals surface area (Å²) in [7, 11) is 4.40. The fraction of sp³-hybridized carbons (Fsp3) is 0.368. The first-order chi connectivity index (χ1) is 11.8. The summed E-state index contributed by atoms with van der Waals surface area (Å²) in [5, 5.41) is 0. The van der Waals surface area contributed by atoms with E-state index in [1.165, 1.54) is 7.11 Å². The third-order valence-electron chi connectivity index (χ3n) is 4.08. The Balaban J connectivity index is 2.65. The molecular weight excluding hydrogens is 322 g/mol. The van der Waals surface area contributed by atoms with E-state index in [0.29, 0.717) is 22.8 Å². The van der Waals surface area contributed by atoms with Crippen molar-refractivity contribution in [3.05, 3.63) is 40.6 Å². The fourth-order valence-corrected chi connectivity index (χ4v) is 2.93. The molecular formula is C19H23NO5. The first-order valence-electron chi connectivity index (χ1n) is 7.92. The summed E-state index contributed by atoms with van der Waals surface area (Å²) in [5.74, 6) is 0.421. The first-order valence-corrected chi connectivity index (χ1v) is 7.92. The zero-order valence-corrected chi connectivity index (χ0v) is 15.4. The van der Waals surface area contributed by atoms with Crippen LogP contribution in [0, 0.1) is 0 Å². The van der Waals surface area contributed by atoms with Crippen molar-refractivity contribution in [1.29, 1.82) is 0 Å². The summed E-state index contributed by atoms with van der Waals surface area (Å²) in [6.07, 6.45) is 1.64. The summed E-state index contributed by atoms with van der Waals surface area (Å²) in [6.45, 7) is 5.53. The number of rotatable bonds is 5. The van der Waals surface area contributed by atoms with Gasteiger partial charge >= 0.3 is 5.97 Å². The SMILES string of the molecule is COC(=O)C1=C(C)N(C(C)C)C(=O)/C1=C\c1cc(OC)ccc1OC. The lowest BCUT2D eigenvalue weighted by molar-refractivity contribution is -0.136. The Morgan fingerprint density at radius 2 is 1.84 bits per heavy atom. The summed E-state index contributed by atoms with van der Waals surface area (Å²) in [6, 6.07) is 5.19. The number of amides is 1. The monoisotopic (exact) mass is 345 g/mol. The number of carbonyl (C=O) groups excluding carboxylic acids is 2. The molecule has 0 fully saturated rings. The fourth-order valence-electron chi connectivity index (χ4n) is 2.93. The van der Waals surface area contributed by atoms with Gasteiger partial charge in [0.15, 0.2) is 0 Å². The van der Waals surface area contributed by atoms with Crippen LogP contribution in [-0.2, 0) is 14.3 Å². The number of nitrogens with zero attached hydrogens (tertiary/aromatic N) is 1. The maximum Gasteiger partial charge on any atom is 0.340 e. The van der Waals surface area contributed by atoms with Crippen molar-refractivity contribution < 1.29 is 23.8 Å². The highest BCUT2D eigenvalue weighted by atomic mass is 16.5. The lowest BCUT2D eigenvalue weighted by atomic mass is 10.0. The minimum Gasteiger partial charge on any atom is -0.497 e. The third-order valence-corrected chi connectivity index (χ3v) is 4.08. The van der Waals surface area contributed by atoms with Gasteiger partial charge in [-0.1, -0.05) is 0 Å². The van der Waals surface area contributed by atoms with E-state index in [1.807, 2.05) is 13.8 Å². The number of benzene rings is 1. The van der Waals surface area contributed by atoms with E-state index in [9.17, 15) is 9.59 Å². The predicted octanol–water partition coefficient (Wildman–Crippen LogP) is 2.78. The molecule has 134 valence electrons. The molecule has 0 radical (unpaired) electrons. The summed E-state index contributed by atoms with van der Waals surface area (Å²) in [5.41, 5.74) is 1.78. The minimum atomic E-state index is -0.540. The Labute approximate surface area is 147 Å². The highest BCUT2D eigenvalue weighted by molar-refractivity contribution is 6.16. The van der Waals surface area contributed by atoms with Crippen LogP contribution in [-0.4, -0.2) is 44.1 Å². The Hall–Kier alpha value is -2.76. The van der Waals surface area contributed by atoms with E-state index in [0.717, 1.165) is 0 Å². The molecule has 1 heterocycles. The van der Waals surface area contributed by atoms with Crippen molar-refractivity contribution in [3.63, 3.8) is 0 Å². The number of carbonyl (C=O) groups is 2. The van der Waals surface area contributed by atoms with Gasteiger partial charge in [0.1, 0.15) is 11.5 Å². The third kappa shape index (κ3) is 3.38. The maximum atomic E-state index is 12.9. The van der Waals surface area contributed by atoms with Gasteiger partial charge in [-0.2, -0.15) is 0 Å². The van der Waals surface area contributed by atoms with Gasteiger partial charge in [0.25, 0.3) is 5.91 Å². The van der Waals surface area contributed by atoms with Gasteiger partial charge in [0.05, 0.1) is 32.5 Å². The zero-order chi connectivity index (χ0) is 18.7. The molecule has 0 spiro atoms. The highest BCUT2D eigenvalue weighted by Gasteiger charge is 2.38. The van der Waals surface area contributed by atoms with Gasteiger partial charge < -0.3 is 19.1 Å². The van der Waals surface area contributed by atoms with E-state index in [1.54, 1.807) is 50.3 Å². The number of methoxy groups -OCH3 is 3. The number of hydrogen-bond donors (Lipinski definition) is 0. The molecule has 0 aliphatic carbocycles. The quantitative estimate of drug-likeness (QED) is 0.606. The Bertz CT molecular complexity index is 761. The molecule has 0 atom stereocenters. The molecule has 1 aromatic carbocycles. The van der Waals surface area contributed by atoms with Crippen LogP contribution < -0.4 is 9.47 Å². The van der Waals surface area contributed by atoms with Crippen LogP contribution in [0.5, 0.6) is 11.5 Å². The second-order valence-corrected chi connectivity index (χ2v) is 5.89. The van der Waals surface area contributed by atoms with Gasteiger partial charge in [-0.15, -0.1) is 0 Å². The van der Waals surface area contributed by atoms with Crippen LogP contribution in [0.4, 0.5) is 0 Å². The largest absolute Gasteiger partial charge is 0.497 e. The van der Waals surface area contributed by atoms with E-state index in [2.05, 4.69) is 0 Å². The topological polar surface area (TPSA) is 65.1 Å². The van der Waals surface area contributed by atoms with Gasteiger partial charge in [-0.3, -0.25) is 4.79 Å². The molecule has 6 heteroatoms. The zero-order valence-electron chi connectivity index (χ0n) is 15.4. The molecule has 0 aromatic heterocycles. The molecule has 1 amide bonds. The van der Waals surface area contributed by atoms with E-state index < -0.39 is 5.97 Å². The second kappa shape index (κ2) is 7.42. The average molecular weight is 345 g/mol. The van der Waals surface area contributed by atoms with Crippen molar-refractivity contribution in [2.24, 2.45) is 0 Å². The van der Waals surface area contributed by atoms with Crippen molar-refractivity contribution >= 4 is 18.0 Å². The predicted molar refractivity (Wildman–Crippen MR) is 94.2 cm³/mol. The summed E-state index contributed by atoms with van der Waals surface area (Å²) < 4.78 is 15.5. The van der Waals surface area contributed by atoms with Gasteiger partial charge in [-0.25, -0.2) is 4.79 Å². The molecule has 0 N–H and O–H groups in total. The van der Waals surface area contributed by atoms with Crippen LogP contribution >= 0.6 is 0 Å². The average Bonchev–Trinajstić information content (AvgIpc) is 2.84. The smallest absolute Gasteiger partial charge is 0.340 e. The second-order valence-electron chi connectivity index (χ2n) is 5.89. The van der Waals surface area contributed by atoms with Crippen molar-refractivity contribution in [2.75, 3.05) is 21.3 Å². The van der Waals surface area contributed by atoms with Crippen molar-refractivity contribution in [3.8, 4) is 11.5 Å². The molecule has 0 saturated heterocycles. The molecule has 0 unspecified atom stereocenters. The van der Waals surface area contributed by atoms with E-state index in [-0.39, 0.29) is 23.1 Å². The van der Waals surface area contributed by atoms with E-state index >= 15 is 0 Å². The van der Waals surface area contributed by atoms with Crippen LogP contribution in [0.3, 0.4) is 0 Å². The molecule has 1 aliphatic heterocycles. The number of ether oxygens (including phenoxy) is 3. The van der Waals surface area contributed by atoms with Crippen LogP contribution in [0.2, 0.25) is 0 Å². The molecule has 6 nitrogen and oxygen atoms in total. The number of allylic oxidation sites excluding steroid dienone is 1. The molecule has 0 saturated carbocycles. The van der Waals surface area contributed by atoms with E-state index in [4.69, 9.17) is 14.2 Å². The van der Waals surface area contributed by atoms with Crippen LogP contribution in [0.15, 0.2) is 35.0 Å². The molecule has 25 heavy (non-hydrogen) atoms. The van der Waals surface area contributed by atoms with Crippen LogP contribution in [0.1, 0.15) is 26.3 Å². The Morgan fingerprint density at radius 1 is 1.16 bits per heavy atom. The lowest BCUT2D eigenvalue weighted by Crippen LogP contribution is -2.31. The lowest BCUT2D eigenvalue weighted by Gasteiger charge is -2.22. The molecule has 2 rings (SSSR count). The van der Waals surface area contributed by atoms with Gasteiger partial charge in [0.2, 0.25) is 0 Å². The Morgan fingerprint density at radius 3 is 2.36 bits per heavy atom. The normalized spacial score (nSPS) is 16.0. The van der Waals surface area contributed by atoms with Crippen molar-refractivity contribution in [1.82, 2.24) is 4.90 Å².